The summed E-state index contributed by atoms with van der Waals surface area (Å²) in [7, 11) is 0. The number of aromatic nitrogens is 3. The van der Waals surface area contributed by atoms with Gasteiger partial charge in [0.15, 0.2) is 0 Å². The summed E-state index contributed by atoms with van der Waals surface area (Å²) in [6, 6.07) is 0. The normalized spacial score (nSPS) is 10.6. The van der Waals surface area contributed by atoms with E-state index in [1.807, 2.05) is 0 Å². The van der Waals surface area contributed by atoms with Crippen LogP contribution in [0.25, 0.3) is 0 Å². The molecule has 0 bridgehead atoms. The number of hydrogen-bond donors (Lipinski definition) is 0. The van der Waals surface area contributed by atoms with Crippen LogP contribution in [-0.2, 0) is 28.6 Å². The highest BCUT2D eigenvalue weighted by Gasteiger charge is 2.47. The Morgan fingerprint density at radius 1 is 0.694 bits per heavy atom. The molecule has 0 spiro atoms. The van der Waals surface area contributed by atoms with E-state index in [0.717, 1.165) is 0 Å². The third kappa shape index (κ3) is 6.97. The van der Waals surface area contributed by atoms with Crippen LogP contribution < -0.4 is 31.6 Å². The van der Waals surface area contributed by atoms with E-state index in [2.05, 4.69) is 19.7 Å². The maximum absolute atomic E-state index is 12.9. The van der Waals surface area contributed by atoms with Gasteiger partial charge in [0, 0.05) is 16.7 Å². The molecule has 0 saturated heterocycles. The first-order valence-corrected chi connectivity index (χ1v) is 10.3. The minimum absolute atomic E-state index is 0.100. The predicted octanol–water partition coefficient (Wildman–Crippen LogP) is -1.49. The van der Waals surface area contributed by atoms with Gasteiger partial charge in [0.25, 0.3) is 0 Å². The Labute approximate surface area is 204 Å². The lowest BCUT2D eigenvalue weighted by atomic mass is 10.3. The average molecular weight is 513 g/mol. The number of esters is 3. The quantitative estimate of drug-likeness (QED) is 0.170. The van der Waals surface area contributed by atoms with Crippen molar-refractivity contribution in [1.82, 2.24) is 14.2 Å². The second kappa shape index (κ2) is 12.2. The number of rotatable bonds is 13. The molecule has 0 aromatic carbocycles. The highest BCUT2D eigenvalue weighted by Crippen LogP contribution is 2.18. The fraction of sp³-hybridized carbons (Fsp3) is 0.429. The average Bonchev–Trinajstić information content (AvgIpc) is 2.80. The molecule has 0 fully saturated rings. The third-order valence-electron chi connectivity index (χ3n) is 3.71. The molecule has 36 heavy (non-hydrogen) atoms. The summed E-state index contributed by atoms with van der Waals surface area (Å²) in [6.45, 7) is 15.1. The van der Waals surface area contributed by atoms with Crippen LogP contribution in [0.2, 0.25) is 0 Å². The van der Waals surface area contributed by atoms with E-state index < -0.39 is 47.6 Å². The molecule has 0 radical (unpaired) electrons. The molecule has 1 aromatic heterocycles. The molecule has 1 heterocycles. The molecule has 0 atom stereocenters. The first kappa shape index (κ1) is 29.5. The van der Waals surface area contributed by atoms with Crippen LogP contribution in [0.3, 0.4) is 0 Å². The fourth-order valence-corrected chi connectivity index (χ4v) is 2.07. The highest BCUT2D eigenvalue weighted by molar-refractivity contribution is 5.89. The van der Waals surface area contributed by atoms with E-state index in [1.165, 1.54) is 34.6 Å². The van der Waals surface area contributed by atoms with Gasteiger partial charge in [0.1, 0.15) is 13.2 Å². The SMILES string of the molecule is C=C(C)C(=O)OCC(OC(=O)C(=C)C)(OC(=O)C(=C)C)On1c(=O)n(OCC)c(=O)n(OCC)c1=O. The van der Waals surface area contributed by atoms with Crippen molar-refractivity contribution in [2.75, 3.05) is 19.8 Å². The second-order valence-electron chi connectivity index (χ2n) is 7.04. The molecule has 0 unspecified atom stereocenters. The topological polar surface area (TPSA) is 173 Å². The molecular weight excluding hydrogens is 486 g/mol. The molecule has 15 nitrogen and oxygen atoms in total. The summed E-state index contributed by atoms with van der Waals surface area (Å²) in [4.78, 5) is 90.2. The van der Waals surface area contributed by atoms with Gasteiger partial charge in [-0.25, -0.2) is 28.8 Å². The van der Waals surface area contributed by atoms with Crippen molar-refractivity contribution in [3.63, 3.8) is 0 Å². The van der Waals surface area contributed by atoms with Crippen LogP contribution in [0.5, 0.6) is 0 Å². The zero-order chi connectivity index (χ0) is 27.8. The van der Waals surface area contributed by atoms with Crippen molar-refractivity contribution in [2.45, 2.75) is 40.6 Å². The van der Waals surface area contributed by atoms with E-state index in [4.69, 9.17) is 28.7 Å². The summed E-state index contributed by atoms with van der Waals surface area (Å²) >= 11 is 0. The van der Waals surface area contributed by atoms with Crippen LogP contribution in [0.4, 0.5) is 0 Å². The molecule has 1 rings (SSSR count). The molecule has 0 N–H and O–H groups in total. The second-order valence-corrected chi connectivity index (χ2v) is 7.04. The fourth-order valence-electron chi connectivity index (χ4n) is 2.07. The zero-order valence-corrected chi connectivity index (χ0v) is 20.5. The smallest absolute Gasteiger partial charge is 0.449 e. The molecule has 0 saturated carbocycles. The van der Waals surface area contributed by atoms with Crippen LogP contribution in [-0.4, -0.2) is 57.9 Å². The Hall–Kier alpha value is -4.56. The monoisotopic (exact) mass is 513 g/mol. The molecule has 15 heteroatoms. The largest absolute Gasteiger partial charge is 0.477 e. The van der Waals surface area contributed by atoms with Gasteiger partial charge in [-0.1, -0.05) is 33.9 Å². The van der Waals surface area contributed by atoms with Crippen molar-refractivity contribution in [2.24, 2.45) is 0 Å². The van der Waals surface area contributed by atoms with Crippen molar-refractivity contribution < 1.29 is 43.1 Å². The van der Waals surface area contributed by atoms with E-state index in [1.54, 1.807) is 0 Å². The van der Waals surface area contributed by atoms with Crippen LogP contribution in [0.1, 0.15) is 34.6 Å². The molecule has 198 valence electrons. The number of hydrogen-bond acceptors (Lipinski definition) is 12. The Kier molecular flexibility index (Phi) is 10.0. The molecule has 0 aliphatic heterocycles. The molecule has 0 amide bonds. The summed E-state index contributed by atoms with van der Waals surface area (Å²) in [5, 5.41) is 0. The van der Waals surface area contributed by atoms with Crippen LogP contribution in [0.15, 0.2) is 50.8 Å². The van der Waals surface area contributed by atoms with E-state index in [9.17, 15) is 28.8 Å². The van der Waals surface area contributed by atoms with Gasteiger partial charge in [0.05, 0.1) is 0 Å². The summed E-state index contributed by atoms with van der Waals surface area (Å²) < 4.78 is 15.1. The van der Waals surface area contributed by atoms with E-state index in [-0.39, 0.29) is 44.1 Å². The first-order valence-electron chi connectivity index (χ1n) is 10.3. The third-order valence-corrected chi connectivity index (χ3v) is 3.71. The minimum Gasteiger partial charge on any atom is -0.449 e. The molecule has 0 aliphatic rings. The van der Waals surface area contributed by atoms with Crippen LogP contribution >= 0.6 is 0 Å². The Morgan fingerprint density at radius 2 is 1.06 bits per heavy atom. The van der Waals surface area contributed by atoms with Gasteiger partial charge in [0.2, 0.25) is 6.61 Å². The van der Waals surface area contributed by atoms with Crippen molar-refractivity contribution in [3.8, 4) is 0 Å². The lowest BCUT2D eigenvalue weighted by Crippen LogP contribution is -2.64. The maximum atomic E-state index is 12.9. The Morgan fingerprint density at radius 3 is 1.39 bits per heavy atom. The highest BCUT2D eigenvalue weighted by atomic mass is 16.9. The summed E-state index contributed by atoms with van der Waals surface area (Å²) in [6.07, 6.45) is 0. The minimum atomic E-state index is -3.10. The molecule has 1 aromatic rings. The Balaban J connectivity index is 3.91. The standard InChI is InChI=1S/C21H27N3O12/c1-9-32-22-18(28)23(33-10-2)20(30)24(19(22)29)36-21(34-16(26)13(5)6,35-17(27)14(7)8)11-31-15(25)12(3)4/h3,5,7,9-11H2,1-2,4,6,8H3. The van der Waals surface area contributed by atoms with Gasteiger partial charge in [-0.15, -0.1) is 0 Å². The van der Waals surface area contributed by atoms with Gasteiger partial charge in [-0.3, -0.25) is 0 Å². The molecule has 0 aliphatic carbocycles. The maximum Gasteiger partial charge on any atom is 0.477 e. The number of ether oxygens (including phenoxy) is 3. The number of nitrogens with zero attached hydrogens (tertiary/aromatic N) is 3. The van der Waals surface area contributed by atoms with E-state index in [0.29, 0.717) is 0 Å². The number of carbonyl (C=O) groups excluding carboxylic acids is 3. The predicted molar refractivity (Wildman–Crippen MR) is 120 cm³/mol. The lowest BCUT2D eigenvalue weighted by molar-refractivity contribution is -0.357. The lowest BCUT2D eigenvalue weighted by Gasteiger charge is -2.31. The van der Waals surface area contributed by atoms with Crippen molar-refractivity contribution in [1.29, 1.82) is 0 Å². The number of carbonyl (C=O) groups is 3. The van der Waals surface area contributed by atoms with Gasteiger partial charge in [-0.2, -0.15) is 0 Å². The van der Waals surface area contributed by atoms with Gasteiger partial charge < -0.3 is 28.7 Å². The summed E-state index contributed by atoms with van der Waals surface area (Å²) in [5.41, 5.74) is -5.00. The van der Waals surface area contributed by atoms with E-state index >= 15 is 0 Å². The van der Waals surface area contributed by atoms with Crippen molar-refractivity contribution >= 4 is 17.9 Å². The molecular formula is C21H27N3O12. The zero-order valence-electron chi connectivity index (χ0n) is 20.5. The summed E-state index contributed by atoms with van der Waals surface area (Å²) in [5.74, 6) is -6.63. The van der Waals surface area contributed by atoms with Gasteiger partial charge in [-0.05, 0) is 34.6 Å². The van der Waals surface area contributed by atoms with Gasteiger partial charge >= 0.3 is 41.0 Å². The Bertz CT molecular complexity index is 1180. The van der Waals surface area contributed by atoms with Crippen molar-refractivity contribution in [3.05, 3.63) is 67.9 Å². The first-order chi connectivity index (χ1) is 16.7. The van der Waals surface area contributed by atoms with Crippen LogP contribution in [0, 0.1) is 0 Å².